The van der Waals surface area contributed by atoms with Gasteiger partial charge in [0, 0.05) is 11.5 Å². The predicted octanol–water partition coefficient (Wildman–Crippen LogP) is 5.53. The minimum absolute atomic E-state index is 0.00535. The molecule has 8 heteroatoms. The molecule has 8 nitrogen and oxygen atoms in total. The summed E-state index contributed by atoms with van der Waals surface area (Å²) in [4.78, 5) is 39.7. The van der Waals surface area contributed by atoms with Gasteiger partial charge in [0.25, 0.3) is 0 Å². The maximum Gasteiger partial charge on any atom is 0.408 e. The van der Waals surface area contributed by atoms with Crippen LogP contribution < -0.4 is 16.0 Å². The van der Waals surface area contributed by atoms with Crippen LogP contribution in [0, 0.1) is 17.3 Å². The fourth-order valence-corrected chi connectivity index (χ4v) is 5.75. The first-order valence-electron chi connectivity index (χ1n) is 15.5. The van der Waals surface area contributed by atoms with Crippen molar-refractivity contribution >= 4 is 17.9 Å². The van der Waals surface area contributed by atoms with Crippen LogP contribution in [0.2, 0.25) is 0 Å². The summed E-state index contributed by atoms with van der Waals surface area (Å²) in [5.74, 6) is -0.543. The molecule has 3 rings (SSSR count). The molecule has 0 heterocycles. The number of aliphatic hydroxyl groups excluding tert-OH is 1. The Morgan fingerprint density at radius 1 is 0.860 bits per heavy atom. The van der Waals surface area contributed by atoms with Crippen molar-refractivity contribution < 1.29 is 24.2 Å². The molecule has 5 atom stereocenters. The number of alkyl carbamates (subject to hydrolysis) is 1. The SMILES string of the molecule is CC(C)(C)NC(=O)C1CCCCC1CC(O)C(Cc1ccccc1)NC(=O)[C@@H](NC(=O)OCc1ccccc1)C(C)(C)C. The average molecular weight is 594 g/mol. The number of hydrogen-bond donors (Lipinski definition) is 4. The topological polar surface area (TPSA) is 117 Å². The van der Waals surface area contributed by atoms with E-state index in [9.17, 15) is 19.5 Å². The number of benzene rings is 2. The van der Waals surface area contributed by atoms with Gasteiger partial charge in [-0.15, -0.1) is 0 Å². The van der Waals surface area contributed by atoms with Crippen LogP contribution in [0.1, 0.15) is 84.8 Å². The largest absolute Gasteiger partial charge is 0.445 e. The minimum Gasteiger partial charge on any atom is -0.445 e. The summed E-state index contributed by atoms with van der Waals surface area (Å²) < 4.78 is 5.40. The second kappa shape index (κ2) is 15.4. The van der Waals surface area contributed by atoms with E-state index < -0.39 is 35.6 Å². The summed E-state index contributed by atoms with van der Waals surface area (Å²) in [5, 5.41) is 20.6. The lowest BCUT2D eigenvalue weighted by atomic mass is 9.74. The average Bonchev–Trinajstić information content (AvgIpc) is 2.94. The Kier molecular flexibility index (Phi) is 12.2. The minimum atomic E-state index is -0.902. The van der Waals surface area contributed by atoms with E-state index in [1.54, 1.807) is 0 Å². The quantitative estimate of drug-likeness (QED) is 0.274. The predicted molar refractivity (Wildman–Crippen MR) is 169 cm³/mol. The van der Waals surface area contributed by atoms with Crippen molar-refractivity contribution in [1.29, 1.82) is 0 Å². The molecule has 1 aliphatic carbocycles. The van der Waals surface area contributed by atoms with E-state index in [1.807, 2.05) is 102 Å². The molecule has 0 radical (unpaired) electrons. The number of ether oxygens (including phenoxy) is 1. The van der Waals surface area contributed by atoms with E-state index in [2.05, 4.69) is 16.0 Å². The van der Waals surface area contributed by atoms with E-state index >= 15 is 0 Å². The van der Waals surface area contributed by atoms with Crippen LogP contribution in [0.25, 0.3) is 0 Å². The van der Waals surface area contributed by atoms with Crippen molar-refractivity contribution in [2.75, 3.05) is 0 Å². The van der Waals surface area contributed by atoms with Gasteiger partial charge in [0.15, 0.2) is 0 Å². The normalized spacial score (nSPS) is 19.4. The van der Waals surface area contributed by atoms with E-state index in [0.717, 1.165) is 36.8 Å². The molecule has 2 aromatic rings. The molecular formula is C35H51N3O5. The summed E-state index contributed by atoms with van der Waals surface area (Å²) >= 11 is 0. The molecule has 236 valence electrons. The van der Waals surface area contributed by atoms with E-state index in [1.165, 1.54) is 0 Å². The first kappa shape index (κ1) is 34.1. The summed E-state index contributed by atoms with van der Waals surface area (Å²) in [6.07, 6.45) is 2.87. The zero-order valence-electron chi connectivity index (χ0n) is 26.7. The Bertz CT molecular complexity index is 1170. The third-order valence-corrected chi connectivity index (χ3v) is 7.98. The highest BCUT2D eigenvalue weighted by atomic mass is 16.5. The molecular weight excluding hydrogens is 542 g/mol. The fourth-order valence-electron chi connectivity index (χ4n) is 5.75. The number of carbonyl (C=O) groups is 3. The molecule has 0 aliphatic heterocycles. The van der Waals surface area contributed by atoms with E-state index in [-0.39, 0.29) is 29.9 Å². The van der Waals surface area contributed by atoms with Gasteiger partial charge >= 0.3 is 6.09 Å². The van der Waals surface area contributed by atoms with Crippen LogP contribution >= 0.6 is 0 Å². The van der Waals surface area contributed by atoms with Gasteiger partial charge in [0.2, 0.25) is 11.8 Å². The van der Waals surface area contributed by atoms with Crippen LogP contribution in [0.3, 0.4) is 0 Å². The first-order valence-corrected chi connectivity index (χ1v) is 15.5. The zero-order chi connectivity index (χ0) is 31.6. The molecule has 3 amide bonds. The Morgan fingerprint density at radius 2 is 1.44 bits per heavy atom. The van der Waals surface area contributed by atoms with Gasteiger partial charge in [-0.2, -0.15) is 0 Å². The molecule has 0 spiro atoms. The van der Waals surface area contributed by atoms with Gasteiger partial charge in [-0.3, -0.25) is 9.59 Å². The van der Waals surface area contributed by atoms with Crippen LogP contribution in [0.15, 0.2) is 60.7 Å². The highest BCUT2D eigenvalue weighted by molar-refractivity contribution is 5.86. The molecule has 0 saturated heterocycles. The Labute approximate surface area is 257 Å². The number of aliphatic hydroxyl groups is 1. The van der Waals surface area contributed by atoms with Crippen molar-refractivity contribution in [2.24, 2.45) is 17.3 Å². The van der Waals surface area contributed by atoms with Crippen LogP contribution in [0.5, 0.6) is 0 Å². The van der Waals surface area contributed by atoms with Gasteiger partial charge in [0.05, 0.1) is 12.1 Å². The molecule has 2 aromatic carbocycles. The lowest BCUT2D eigenvalue weighted by molar-refractivity contribution is -0.131. The Balaban J connectivity index is 1.75. The Hall–Kier alpha value is -3.39. The zero-order valence-corrected chi connectivity index (χ0v) is 26.7. The maximum atomic E-state index is 13.8. The number of hydrogen-bond acceptors (Lipinski definition) is 5. The molecule has 1 aliphatic rings. The van der Waals surface area contributed by atoms with Gasteiger partial charge in [-0.05, 0) is 68.9 Å². The van der Waals surface area contributed by atoms with Crippen molar-refractivity contribution in [3.8, 4) is 0 Å². The first-order chi connectivity index (χ1) is 20.2. The number of amides is 3. The monoisotopic (exact) mass is 593 g/mol. The van der Waals surface area contributed by atoms with Gasteiger partial charge in [0.1, 0.15) is 12.6 Å². The Morgan fingerprint density at radius 3 is 2.02 bits per heavy atom. The fraction of sp³-hybridized carbons (Fsp3) is 0.571. The van der Waals surface area contributed by atoms with Crippen LogP contribution in [0.4, 0.5) is 4.79 Å². The van der Waals surface area contributed by atoms with Gasteiger partial charge < -0.3 is 25.8 Å². The third-order valence-electron chi connectivity index (χ3n) is 7.98. The second-order valence-corrected chi connectivity index (χ2v) is 14.0. The molecule has 4 unspecified atom stereocenters. The molecule has 4 N–H and O–H groups in total. The maximum absolute atomic E-state index is 13.8. The van der Waals surface area contributed by atoms with Crippen molar-refractivity contribution in [3.05, 3.63) is 71.8 Å². The van der Waals surface area contributed by atoms with Crippen molar-refractivity contribution in [3.63, 3.8) is 0 Å². The lowest BCUT2D eigenvalue weighted by Gasteiger charge is -2.37. The number of rotatable bonds is 11. The molecule has 43 heavy (non-hydrogen) atoms. The highest BCUT2D eigenvalue weighted by Gasteiger charge is 2.38. The molecule has 0 bridgehead atoms. The number of nitrogens with one attached hydrogen (secondary N) is 3. The number of carbonyl (C=O) groups excluding carboxylic acids is 3. The smallest absolute Gasteiger partial charge is 0.408 e. The summed E-state index contributed by atoms with van der Waals surface area (Å²) in [6, 6.07) is 17.5. The standard InChI is InChI=1S/C35H51N3O5/c1-34(2,3)30(37-33(42)43-23-25-17-11-8-12-18-25)32(41)36-28(21-24-15-9-7-10-16-24)29(39)22-26-19-13-14-20-27(26)31(40)38-35(4,5)6/h7-12,15-18,26-30,39H,13-14,19-23H2,1-6H3,(H,36,41)(H,37,42)(H,38,40)/t26?,27?,28?,29?,30-/m1/s1. The lowest BCUT2D eigenvalue weighted by Crippen LogP contribution is -2.58. The summed E-state index contributed by atoms with van der Waals surface area (Å²) in [7, 11) is 0. The van der Waals surface area contributed by atoms with Crippen LogP contribution in [-0.2, 0) is 27.4 Å². The molecule has 1 saturated carbocycles. The molecule has 0 aromatic heterocycles. The van der Waals surface area contributed by atoms with Gasteiger partial charge in [-0.25, -0.2) is 4.79 Å². The van der Waals surface area contributed by atoms with E-state index in [4.69, 9.17) is 4.74 Å². The van der Waals surface area contributed by atoms with Crippen molar-refractivity contribution in [2.45, 2.75) is 110 Å². The van der Waals surface area contributed by atoms with E-state index in [0.29, 0.717) is 12.8 Å². The van der Waals surface area contributed by atoms with Crippen molar-refractivity contribution in [1.82, 2.24) is 16.0 Å². The summed E-state index contributed by atoms with van der Waals surface area (Å²) in [5.41, 5.74) is 0.855. The second-order valence-electron chi connectivity index (χ2n) is 14.0. The van der Waals surface area contributed by atoms with Gasteiger partial charge in [-0.1, -0.05) is 94.3 Å². The van der Waals surface area contributed by atoms with Crippen LogP contribution in [-0.4, -0.2) is 46.7 Å². The highest BCUT2D eigenvalue weighted by Crippen LogP contribution is 2.34. The summed E-state index contributed by atoms with van der Waals surface area (Å²) in [6.45, 7) is 11.6. The molecule has 1 fully saturated rings. The third kappa shape index (κ3) is 11.3.